The lowest BCUT2D eigenvalue weighted by atomic mass is 10.3. The molecule has 2 N–H and O–H groups in total. The molecule has 0 radical (unpaired) electrons. The van der Waals surface area contributed by atoms with Crippen molar-refractivity contribution in [1.82, 2.24) is 0 Å². The lowest BCUT2D eigenvalue weighted by molar-refractivity contribution is 0.451. The maximum absolute atomic E-state index is 13.6. The Morgan fingerprint density at radius 3 is 1.50 bits per heavy atom. The summed E-state index contributed by atoms with van der Waals surface area (Å²) in [5, 5.41) is 0. The number of nitrogen functional groups attached to an aromatic ring is 1. The molecule has 0 atom stereocenters. The number of hydrogen-bond acceptors (Lipinski definition) is 5. The average molecular weight is 344 g/mol. The number of nitrogens with two attached hydrogens (primary N) is 1. The third-order valence-corrected chi connectivity index (χ3v) is 4.42. The summed E-state index contributed by atoms with van der Waals surface area (Å²) in [5.74, 6) is -6.50. The Balaban J connectivity index is 4.09. The molecule has 0 spiro atoms. The second-order valence-corrected chi connectivity index (χ2v) is 7.90. The van der Waals surface area contributed by atoms with Crippen LogP contribution in [0.1, 0.15) is 0 Å². The lowest BCUT2D eigenvalue weighted by Crippen LogP contribution is -2.12. The van der Waals surface area contributed by atoms with Gasteiger partial charge in [0.25, 0.3) is 18.1 Å². The lowest BCUT2D eigenvalue weighted by Gasteiger charge is -2.09. The van der Waals surface area contributed by atoms with Crippen LogP contribution in [0, 0.1) is 17.5 Å². The summed E-state index contributed by atoms with van der Waals surface area (Å²) in [6, 6.07) is 0. The maximum Gasteiger partial charge on any atom is 0.267 e. The number of halogens is 5. The molecule has 0 heterocycles. The van der Waals surface area contributed by atoms with Crippen LogP contribution in [0.4, 0.5) is 18.9 Å². The van der Waals surface area contributed by atoms with Crippen molar-refractivity contribution in [2.75, 3.05) is 5.73 Å². The molecule has 1 rings (SSSR count). The Kier molecular flexibility index (Phi) is 3.79. The molecule has 0 fully saturated rings. The molecule has 102 valence electrons. The van der Waals surface area contributed by atoms with Gasteiger partial charge in [0.05, 0.1) is 5.69 Å². The van der Waals surface area contributed by atoms with Crippen LogP contribution < -0.4 is 5.73 Å². The fraction of sp³-hybridized carbons (Fsp3) is 0. The van der Waals surface area contributed by atoms with Gasteiger partial charge in [0, 0.05) is 21.4 Å². The third-order valence-electron chi connectivity index (χ3n) is 1.76. The van der Waals surface area contributed by atoms with E-state index < -0.39 is 51.0 Å². The van der Waals surface area contributed by atoms with Crippen molar-refractivity contribution >= 4 is 45.2 Å². The van der Waals surface area contributed by atoms with Crippen molar-refractivity contribution in [3.05, 3.63) is 17.5 Å². The largest absolute Gasteiger partial charge is 0.395 e. The van der Waals surface area contributed by atoms with E-state index in [9.17, 15) is 30.0 Å². The second kappa shape index (κ2) is 4.44. The average Bonchev–Trinajstić information content (AvgIpc) is 2.09. The van der Waals surface area contributed by atoms with Gasteiger partial charge in [0.15, 0.2) is 22.3 Å². The maximum atomic E-state index is 13.6. The van der Waals surface area contributed by atoms with E-state index in [0.29, 0.717) is 0 Å². The van der Waals surface area contributed by atoms with Gasteiger partial charge >= 0.3 is 0 Å². The fourth-order valence-electron chi connectivity index (χ4n) is 1.09. The van der Waals surface area contributed by atoms with Crippen molar-refractivity contribution in [3.63, 3.8) is 0 Å². The van der Waals surface area contributed by atoms with E-state index in [-0.39, 0.29) is 0 Å². The normalized spacial score (nSPS) is 12.7. The minimum Gasteiger partial charge on any atom is -0.395 e. The predicted molar refractivity (Wildman–Crippen MR) is 56.8 cm³/mol. The molecule has 0 aliphatic rings. The van der Waals surface area contributed by atoms with Gasteiger partial charge in [-0.25, -0.2) is 30.0 Å². The standard InChI is InChI=1S/C6H2Cl2F3NO4S2/c7-17(13,14)5-2(10)1(9)4(12)6(3(5)11)18(8,15)16/h12H2. The Labute approximate surface area is 108 Å². The topological polar surface area (TPSA) is 94.3 Å². The molecule has 0 amide bonds. The quantitative estimate of drug-likeness (QED) is 0.499. The minimum absolute atomic E-state index is 1.48. The van der Waals surface area contributed by atoms with Crippen LogP contribution in [0.3, 0.4) is 0 Å². The van der Waals surface area contributed by atoms with E-state index in [0.717, 1.165) is 0 Å². The summed E-state index contributed by atoms with van der Waals surface area (Å²) in [6.45, 7) is 0. The molecular formula is C6H2Cl2F3NO4S2. The Bertz CT molecular complexity index is 673. The van der Waals surface area contributed by atoms with Gasteiger partial charge in [0.1, 0.15) is 4.90 Å². The van der Waals surface area contributed by atoms with E-state index in [2.05, 4.69) is 10.7 Å². The van der Waals surface area contributed by atoms with Crippen molar-refractivity contribution in [2.45, 2.75) is 9.79 Å². The molecule has 0 saturated heterocycles. The second-order valence-electron chi connectivity index (χ2n) is 2.89. The monoisotopic (exact) mass is 343 g/mol. The zero-order valence-corrected chi connectivity index (χ0v) is 11.1. The van der Waals surface area contributed by atoms with Gasteiger partial charge < -0.3 is 5.73 Å². The minimum atomic E-state index is -5.08. The van der Waals surface area contributed by atoms with Gasteiger partial charge in [0.2, 0.25) is 0 Å². The van der Waals surface area contributed by atoms with Crippen molar-refractivity contribution in [3.8, 4) is 0 Å². The molecule has 1 aromatic rings. The molecule has 0 aromatic heterocycles. The van der Waals surface area contributed by atoms with E-state index in [4.69, 9.17) is 16.4 Å². The molecule has 1 aromatic carbocycles. The van der Waals surface area contributed by atoms with Gasteiger partial charge in [-0.3, -0.25) is 0 Å². The van der Waals surface area contributed by atoms with E-state index >= 15 is 0 Å². The summed E-state index contributed by atoms with van der Waals surface area (Å²) in [6.07, 6.45) is 0. The molecular weight excluding hydrogens is 342 g/mol. The zero-order valence-electron chi connectivity index (χ0n) is 7.92. The first-order valence-corrected chi connectivity index (χ1v) is 8.36. The smallest absolute Gasteiger partial charge is 0.267 e. The summed E-state index contributed by atoms with van der Waals surface area (Å²) < 4.78 is 83.5. The summed E-state index contributed by atoms with van der Waals surface area (Å²) in [4.78, 5) is -3.67. The van der Waals surface area contributed by atoms with Crippen LogP contribution in [-0.2, 0) is 18.1 Å². The van der Waals surface area contributed by atoms with Crippen LogP contribution >= 0.6 is 21.4 Å². The number of benzene rings is 1. The Morgan fingerprint density at radius 1 is 0.778 bits per heavy atom. The Hall–Kier alpha value is -0.710. The highest BCUT2D eigenvalue weighted by atomic mass is 35.7. The van der Waals surface area contributed by atoms with Crippen LogP contribution in [0.2, 0.25) is 0 Å². The first-order chi connectivity index (χ1) is 7.89. The first kappa shape index (κ1) is 15.3. The molecule has 5 nitrogen and oxygen atoms in total. The first-order valence-electron chi connectivity index (χ1n) is 3.74. The summed E-state index contributed by atoms with van der Waals surface area (Å²) in [5.41, 5.74) is 3.34. The fourth-order valence-corrected chi connectivity index (χ4v) is 3.30. The van der Waals surface area contributed by atoms with Crippen LogP contribution in [0.15, 0.2) is 9.79 Å². The SMILES string of the molecule is Nc1c(F)c(F)c(S(=O)(=O)Cl)c(F)c1S(=O)(=O)Cl. The number of anilines is 1. The van der Waals surface area contributed by atoms with E-state index in [1.165, 1.54) is 0 Å². The van der Waals surface area contributed by atoms with Gasteiger partial charge in [-0.1, -0.05) is 0 Å². The molecule has 0 bridgehead atoms. The van der Waals surface area contributed by atoms with E-state index in [1.54, 1.807) is 0 Å². The van der Waals surface area contributed by atoms with Crippen LogP contribution in [-0.4, -0.2) is 16.8 Å². The molecule has 0 unspecified atom stereocenters. The molecule has 18 heavy (non-hydrogen) atoms. The Morgan fingerprint density at radius 2 is 1.17 bits per heavy atom. The summed E-state index contributed by atoms with van der Waals surface area (Å²) >= 11 is 0. The molecule has 0 saturated carbocycles. The molecule has 0 aliphatic carbocycles. The van der Waals surface area contributed by atoms with Crippen molar-refractivity contribution in [2.24, 2.45) is 0 Å². The van der Waals surface area contributed by atoms with Gasteiger partial charge in [-0.2, -0.15) is 0 Å². The van der Waals surface area contributed by atoms with E-state index in [1.807, 2.05) is 0 Å². The summed E-state index contributed by atoms with van der Waals surface area (Å²) in [7, 11) is -0.623. The zero-order chi connectivity index (χ0) is 14.5. The highest BCUT2D eigenvalue weighted by Crippen LogP contribution is 2.35. The van der Waals surface area contributed by atoms with Crippen molar-refractivity contribution in [1.29, 1.82) is 0 Å². The third kappa shape index (κ3) is 2.51. The number of hydrogen-bond donors (Lipinski definition) is 1. The molecule has 12 heteroatoms. The van der Waals surface area contributed by atoms with Crippen LogP contribution in [0.5, 0.6) is 0 Å². The molecule has 0 aliphatic heterocycles. The van der Waals surface area contributed by atoms with Crippen molar-refractivity contribution < 1.29 is 30.0 Å². The highest BCUT2D eigenvalue weighted by Gasteiger charge is 2.35. The predicted octanol–water partition coefficient (Wildman–Crippen LogP) is 1.54. The number of rotatable bonds is 2. The van der Waals surface area contributed by atoms with Gasteiger partial charge in [-0.05, 0) is 0 Å². The van der Waals surface area contributed by atoms with Gasteiger partial charge in [-0.15, -0.1) is 0 Å². The van der Waals surface area contributed by atoms with Crippen LogP contribution in [0.25, 0.3) is 0 Å². The highest BCUT2D eigenvalue weighted by molar-refractivity contribution is 8.14.